The molecule has 0 unspecified atom stereocenters. The van der Waals surface area contributed by atoms with Crippen molar-refractivity contribution < 1.29 is 9.59 Å². The number of benzene rings is 1. The first-order valence-electron chi connectivity index (χ1n) is 8.35. The van der Waals surface area contributed by atoms with E-state index < -0.39 is 11.8 Å². The summed E-state index contributed by atoms with van der Waals surface area (Å²) in [6, 6.07) is 9.23. The fourth-order valence-corrected chi connectivity index (χ4v) is 2.47. The van der Waals surface area contributed by atoms with Gasteiger partial charge >= 0.3 is 11.8 Å². The quantitative estimate of drug-likeness (QED) is 0.820. The summed E-state index contributed by atoms with van der Waals surface area (Å²) >= 11 is 0. The van der Waals surface area contributed by atoms with Gasteiger partial charge in [-0.15, -0.1) is 0 Å². The number of aryl methyl sites for hydroxylation is 2. The van der Waals surface area contributed by atoms with Crippen LogP contribution in [-0.4, -0.2) is 29.9 Å². The van der Waals surface area contributed by atoms with Crippen LogP contribution in [0.15, 0.2) is 36.5 Å². The Balaban J connectivity index is 2.04. The van der Waals surface area contributed by atoms with Crippen molar-refractivity contribution in [3.05, 3.63) is 47.7 Å². The van der Waals surface area contributed by atoms with Gasteiger partial charge in [-0.05, 0) is 63.1 Å². The van der Waals surface area contributed by atoms with Gasteiger partial charge in [-0.2, -0.15) is 0 Å². The maximum atomic E-state index is 12.1. The predicted molar refractivity (Wildman–Crippen MR) is 101 cm³/mol. The van der Waals surface area contributed by atoms with E-state index in [1.807, 2.05) is 38.1 Å². The minimum Gasteiger partial charge on any atom is -0.372 e. The standard InChI is InChI=1S/C19H24N4O2/c1-5-23(6-2)15-8-9-16(14(4)11-15)21-18(24)19(25)22-17-10-7-13(3)12-20-17/h7-12H,5-6H2,1-4H3,(H,21,24)(H,20,22,25). The van der Waals surface area contributed by atoms with Crippen LogP contribution < -0.4 is 15.5 Å². The van der Waals surface area contributed by atoms with Gasteiger partial charge in [0.25, 0.3) is 0 Å². The second-order valence-electron chi connectivity index (χ2n) is 5.80. The molecule has 0 bridgehead atoms. The first-order chi connectivity index (χ1) is 11.9. The molecule has 1 heterocycles. The summed E-state index contributed by atoms with van der Waals surface area (Å²) < 4.78 is 0. The van der Waals surface area contributed by atoms with Crippen LogP contribution in [0.2, 0.25) is 0 Å². The Hall–Kier alpha value is -2.89. The van der Waals surface area contributed by atoms with Crippen molar-refractivity contribution in [1.82, 2.24) is 4.98 Å². The third kappa shape index (κ3) is 4.79. The van der Waals surface area contributed by atoms with Crippen molar-refractivity contribution in [3.63, 3.8) is 0 Å². The molecule has 2 aromatic rings. The van der Waals surface area contributed by atoms with Gasteiger partial charge in [-0.1, -0.05) is 6.07 Å². The second kappa shape index (κ2) is 8.28. The molecule has 0 aliphatic heterocycles. The Kier molecular flexibility index (Phi) is 6.11. The van der Waals surface area contributed by atoms with Gasteiger partial charge < -0.3 is 15.5 Å². The van der Waals surface area contributed by atoms with Gasteiger partial charge in [0.05, 0.1) is 0 Å². The van der Waals surface area contributed by atoms with Gasteiger partial charge in [0.1, 0.15) is 5.82 Å². The Morgan fingerprint density at radius 2 is 1.68 bits per heavy atom. The third-order valence-corrected chi connectivity index (χ3v) is 3.95. The summed E-state index contributed by atoms with van der Waals surface area (Å²) in [6.45, 7) is 9.81. The van der Waals surface area contributed by atoms with Gasteiger partial charge in [0.15, 0.2) is 0 Å². The molecule has 132 valence electrons. The molecule has 2 N–H and O–H groups in total. The number of hydrogen-bond donors (Lipinski definition) is 2. The zero-order valence-corrected chi connectivity index (χ0v) is 15.1. The number of aromatic nitrogens is 1. The number of carbonyl (C=O) groups is 2. The van der Waals surface area contributed by atoms with E-state index in [4.69, 9.17) is 0 Å². The molecule has 0 saturated carbocycles. The summed E-state index contributed by atoms with van der Waals surface area (Å²) in [5.74, 6) is -1.12. The van der Waals surface area contributed by atoms with Gasteiger partial charge in [-0.25, -0.2) is 4.98 Å². The number of hydrogen-bond acceptors (Lipinski definition) is 4. The van der Waals surface area contributed by atoms with Crippen LogP contribution >= 0.6 is 0 Å². The van der Waals surface area contributed by atoms with E-state index >= 15 is 0 Å². The summed E-state index contributed by atoms with van der Waals surface area (Å²) in [5, 5.41) is 5.13. The van der Waals surface area contributed by atoms with Crippen LogP contribution in [0.25, 0.3) is 0 Å². The molecule has 25 heavy (non-hydrogen) atoms. The van der Waals surface area contributed by atoms with Gasteiger partial charge in [-0.3, -0.25) is 9.59 Å². The average Bonchev–Trinajstić information content (AvgIpc) is 2.60. The lowest BCUT2D eigenvalue weighted by Crippen LogP contribution is -2.29. The van der Waals surface area contributed by atoms with Gasteiger partial charge in [0, 0.05) is 30.7 Å². The Morgan fingerprint density at radius 3 is 2.24 bits per heavy atom. The number of carbonyl (C=O) groups excluding carboxylic acids is 2. The highest BCUT2D eigenvalue weighted by Crippen LogP contribution is 2.22. The van der Waals surface area contributed by atoms with E-state index in [2.05, 4.69) is 34.4 Å². The molecule has 2 amide bonds. The van der Waals surface area contributed by atoms with E-state index in [0.717, 1.165) is 29.9 Å². The van der Waals surface area contributed by atoms with Crippen molar-refractivity contribution in [3.8, 4) is 0 Å². The van der Waals surface area contributed by atoms with Crippen molar-refractivity contribution in [2.45, 2.75) is 27.7 Å². The van der Waals surface area contributed by atoms with Gasteiger partial charge in [0.2, 0.25) is 0 Å². The van der Waals surface area contributed by atoms with Crippen molar-refractivity contribution >= 4 is 29.0 Å². The fourth-order valence-electron chi connectivity index (χ4n) is 2.47. The van der Waals surface area contributed by atoms with Crippen LogP contribution in [0.4, 0.5) is 17.2 Å². The maximum Gasteiger partial charge on any atom is 0.315 e. The van der Waals surface area contributed by atoms with E-state index in [9.17, 15) is 9.59 Å². The van der Waals surface area contributed by atoms with Crippen LogP contribution in [0.1, 0.15) is 25.0 Å². The minimum atomic E-state index is -0.747. The molecule has 0 fully saturated rings. The maximum absolute atomic E-state index is 12.1. The Bertz CT molecular complexity index is 753. The smallest absolute Gasteiger partial charge is 0.315 e. The molecule has 0 saturated heterocycles. The molecule has 1 aromatic heterocycles. The van der Waals surface area contributed by atoms with Crippen molar-refractivity contribution in [2.24, 2.45) is 0 Å². The summed E-state index contributed by atoms with van der Waals surface area (Å²) in [4.78, 5) is 30.4. The topological polar surface area (TPSA) is 74.3 Å². The molecule has 6 heteroatoms. The van der Waals surface area contributed by atoms with E-state index in [-0.39, 0.29) is 0 Å². The van der Waals surface area contributed by atoms with E-state index in [1.165, 1.54) is 0 Å². The van der Waals surface area contributed by atoms with Crippen LogP contribution in [-0.2, 0) is 9.59 Å². The number of rotatable bonds is 5. The summed E-state index contributed by atoms with van der Waals surface area (Å²) in [7, 11) is 0. The highest BCUT2D eigenvalue weighted by molar-refractivity contribution is 6.43. The lowest BCUT2D eigenvalue weighted by molar-refractivity contribution is -0.133. The number of anilines is 3. The molecule has 0 aliphatic rings. The van der Waals surface area contributed by atoms with E-state index in [0.29, 0.717) is 11.5 Å². The van der Waals surface area contributed by atoms with Crippen LogP contribution in [0, 0.1) is 13.8 Å². The third-order valence-electron chi connectivity index (χ3n) is 3.95. The normalized spacial score (nSPS) is 10.2. The Morgan fingerprint density at radius 1 is 1.00 bits per heavy atom. The number of nitrogens with one attached hydrogen (secondary N) is 2. The molecule has 0 atom stereocenters. The molecule has 0 spiro atoms. The average molecular weight is 340 g/mol. The number of amides is 2. The SMILES string of the molecule is CCN(CC)c1ccc(NC(=O)C(=O)Nc2ccc(C)cn2)c(C)c1. The monoisotopic (exact) mass is 340 g/mol. The molecule has 0 aliphatic carbocycles. The largest absolute Gasteiger partial charge is 0.372 e. The lowest BCUT2D eigenvalue weighted by Gasteiger charge is -2.22. The molecule has 0 radical (unpaired) electrons. The molecule has 2 rings (SSSR count). The molecule has 1 aromatic carbocycles. The molecule has 6 nitrogen and oxygen atoms in total. The molecular weight excluding hydrogens is 316 g/mol. The lowest BCUT2D eigenvalue weighted by atomic mass is 10.1. The first kappa shape index (κ1) is 18.4. The first-order valence-corrected chi connectivity index (χ1v) is 8.35. The number of pyridine rings is 1. The fraction of sp³-hybridized carbons (Fsp3) is 0.316. The van der Waals surface area contributed by atoms with Crippen LogP contribution in [0.3, 0.4) is 0 Å². The number of nitrogens with zero attached hydrogens (tertiary/aromatic N) is 2. The van der Waals surface area contributed by atoms with E-state index in [1.54, 1.807) is 12.3 Å². The highest BCUT2D eigenvalue weighted by atomic mass is 16.2. The highest BCUT2D eigenvalue weighted by Gasteiger charge is 2.16. The zero-order chi connectivity index (χ0) is 18.4. The summed E-state index contributed by atoms with van der Waals surface area (Å²) in [5.41, 5.74) is 3.59. The summed E-state index contributed by atoms with van der Waals surface area (Å²) in [6.07, 6.45) is 1.63. The van der Waals surface area contributed by atoms with Crippen molar-refractivity contribution in [2.75, 3.05) is 28.6 Å². The minimum absolute atomic E-state index is 0.347. The van der Waals surface area contributed by atoms with Crippen LogP contribution in [0.5, 0.6) is 0 Å². The predicted octanol–water partition coefficient (Wildman–Crippen LogP) is 3.12. The molecular formula is C19H24N4O2. The van der Waals surface area contributed by atoms with Crippen molar-refractivity contribution in [1.29, 1.82) is 0 Å². The second-order valence-corrected chi connectivity index (χ2v) is 5.80. The zero-order valence-electron chi connectivity index (χ0n) is 15.1. The Labute approximate surface area is 148 Å².